The summed E-state index contributed by atoms with van der Waals surface area (Å²) < 4.78 is 6.41. The van der Waals surface area contributed by atoms with E-state index >= 15 is 0 Å². The standard InChI is InChI=1S/C16H20BrN7O/c1-11(12-3-5-13(17)6-4-12)22-23-15-19-14(18-2)20-16(21-15)24-7-9-25-10-8-24/h3-6H,7-10H2,1-2H3,(H2,18,19,20,21,23)/b22-11-. The molecule has 3 rings (SSSR count). The minimum Gasteiger partial charge on any atom is -0.378 e. The zero-order valence-electron chi connectivity index (χ0n) is 14.2. The lowest BCUT2D eigenvalue weighted by molar-refractivity contribution is 0.122. The van der Waals surface area contributed by atoms with Crippen LogP contribution in [0.4, 0.5) is 17.8 Å². The molecule has 0 spiro atoms. The monoisotopic (exact) mass is 405 g/mol. The van der Waals surface area contributed by atoms with Gasteiger partial charge in [0.15, 0.2) is 0 Å². The van der Waals surface area contributed by atoms with Crippen molar-refractivity contribution in [3.63, 3.8) is 0 Å². The van der Waals surface area contributed by atoms with Crippen LogP contribution in [0.25, 0.3) is 0 Å². The maximum atomic E-state index is 5.38. The average Bonchev–Trinajstić information content (AvgIpc) is 2.67. The van der Waals surface area contributed by atoms with Crippen LogP contribution in [0.5, 0.6) is 0 Å². The Hall–Kier alpha value is -2.26. The molecular weight excluding hydrogens is 386 g/mol. The van der Waals surface area contributed by atoms with Crippen LogP contribution in [0.15, 0.2) is 33.8 Å². The molecule has 9 heteroatoms. The summed E-state index contributed by atoms with van der Waals surface area (Å²) in [5.74, 6) is 1.51. The molecule has 1 aliphatic heterocycles. The van der Waals surface area contributed by atoms with Gasteiger partial charge in [-0.15, -0.1) is 0 Å². The largest absolute Gasteiger partial charge is 0.378 e. The smallest absolute Gasteiger partial charge is 0.250 e. The van der Waals surface area contributed by atoms with Gasteiger partial charge in [-0.3, -0.25) is 0 Å². The summed E-state index contributed by atoms with van der Waals surface area (Å²) in [4.78, 5) is 15.3. The number of rotatable bonds is 5. The number of ether oxygens (including phenoxy) is 1. The molecule has 1 aromatic heterocycles. The summed E-state index contributed by atoms with van der Waals surface area (Å²) in [6.07, 6.45) is 0. The van der Waals surface area contributed by atoms with Gasteiger partial charge in [-0.25, -0.2) is 5.43 Å². The fourth-order valence-electron chi connectivity index (χ4n) is 2.32. The molecule has 0 amide bonds. The molecule has 0 saturated carbocycles. The summed E-state index contributed by atoms with van der Waals surface area (Å²) in [6, 6.07) is 7.95. The van der Waals surface area contributed by atoms with E-state index in [1.165, 1.54) is 0 Å². The second-order valence-electron chi connectivity index (χ2n) is 5.45. The van der Waals surface area contributed by atoms with Crippen molar-refractivity contribution in [3.8, 4) is 0 Å². The Morgan fingerprint density at radius 1 is 1.12 bits per heavy atom. The fourth-order valence-corrected chi connectivity index (χ4v) is 2.59. The summed E-state index contributed by atoms with van der Waals surface area (Å²) in [7, 11) is 1.78. The Balaban J connectivity index is 1.78. The molecule has 0 atom stereocenters. The molecule has 1 fully saturated rings. The first-order chi connectivity index (χ1) is 12.2. The number of hydrazone groups is 1. The highest BCUT2D eigenvalue weighted by Gasteiger charge is 2.16. The highest BCUT2D eigenvalue weighted by molar-refractivity contribution is 9.10. The molecule has 2 aromatic rings. The molecular formula is C16H20BrN7O. The van der Waals surface area contributed by atoms with E-state index in [1.807, 2.05) is 31.2 Å². The van der Waals surface area contributed by atoms with Gasteiger partial charge in [0.25, 0.3) is 0 Å². The van der Waals surface area contributed by atoms with Gasteiger partial charge in [0.2, 0.25) is 17.8 Å². The quantitative estimate of drug-likeness (QED) is 0.582. The maximum Gasteiger partial charge on any atom is 0.250 e. The zero-order chi connectivity index (χ0) is 17.6. The molecule has 0 aliphatic carbocycles. The van der Waals surface area contributed by atoms with Gasteiger partial charge in [0, 0.05) is 24.6 Å². The Bertz CT molecular complexity index is 745. The second kappa shape index (κ2) is 8.21. The van der Waals surface area contributed by atoms with Crippen molar-refractivity contribution in [3.05, 3.63) is 34.3 Å². The van der Waals surface area contributed by atoms with Crippen LogP contribution in [-0.2, 0) is 4.74 Å². The number of hydrogen-bond acceptors (Lipinski definition) is 8. The van der Waals surface area contributed by atoms with Crippen molar-refractivity contribution in [1.82, 2.24) is 15.0 Å². The van der Waals surface area contributed by atoms with Crippen molar-refractivity contribution in [2.24, 2.45) is 5.10 Å². The van der Waals surface area contributed by atoms with Crippen LogP contribution >= 0.6 is 15.9 Å². The normalized spacial score (nSPS) is 15.2. The number of anilines is 3. The number of nitrogens with one attached hydrogen (secondary N) is 2. The van der Waals surface area contributed by atoms with Gasteiger partial charge in [-0.2, -0.15) is 20.1 Å². The molecule has 0 unspecified atom stereocenters. The van der Waals surface area contributed by atoms with Gasteiger partial charge < -0.3 is 15.0 Å². The van der Waals surface area contributed by atoms with E-state index in [-0.39, 0.29) is 0 Å². The number of nitrogens with zero attached hydrogens (tertiary/aromatic N) is 5. The lowest BCUT2D eigenvalue weighted by Crippen LogP contribution is -2.37. The summed E-state index contributed by atoms with van der Waals surface area (Å²) >= 11 is 3.43. The molecule has 0 bridgehead atoms. The van der Waals surface area contributed by atoms with Crippen molar-refractivity contribution in [2.75, 3.05) is 49.0 Å². The van der Waals surface area contributed by atoms with Gasteiger partial charge in [0.1, 0.15) is 0 Å². The highest BCUT2D eigenvalue weighted by atomic mass is 79.9. The number of aromatic nitrogens is 3. The SMILES string of the molecule is CNc1nc(N/N=C(/C)c2ccc(Br)cc2)nc(N2CCOCC2)n1. The first-order valence-electron chi connectivity index (χ1n) is 7.98. The number of halogens is 1. The Morgan fingerprint density at radius 3 is 2.48 bits per heavy atom. The van der Waals surface area contributed by atoms with Crippen molar-refractivity contribution < 1.29 is 4.74 Å². The van der Waals surface area contributed by atoms with Crippen LogP contribution < -0.4 is 15.6 Å². The van der Waals surface area contributed by atoms with Crippen LogP contribution in [0.1, 0.15) is 12.5 Å². The van der Waals surface area contributed by atoms with E-state index < -0.39 is 0 Å². The predicted molar refractivity (Wildman–Crippen MR) is 102 cm³/mol. The second-order valence-corrected chi connectivity index (χ2v) is 6.36. The van der Waals surface area contributed by atoms with E-state index in [4.69, 9.17) is 4.74 Å². The predicted octanol–water partition coefficient (Wildman–Crippen LogP) is 2.35. The minimum atomic E-state index is 0.400. The Morgan fingerprint density at radius 2 is 1.80 bits per heavy atom. The number of morpholine rings is 1. The average molecular weight is 406 g/mol. The molecule has 2 N–H and O–H groups in total. The van der Waals surface area contributed by atoms with E-state index in [9.17, 15) is 0 Å². The highest BCUT2D eigenvalue weighted by Crippen LogP contribution is 2.15. The lowest BCUT2D eigenvalue weighted by atomic mass is 10.1. The number of hydrogen-bond donors (Lipinski definition) is 2. The lowest BCUT2D eigenvalue weighted by Gasteiger charge is -2.26. The Kier molecular flexibility index (Phi) is 5.77. The number of benzene rings is 1. The van der Waals surface area contributed by atoms with Gasteiger partial charge in [0.05, 0.1) is 18.9 Å². The van der Waals surface area contributed by atoms with Gasteiger partial charge >= 0.3 is 0 Å². The molecule has 1 saturated heterocycles. The molecule has 1 aliphatic rings. The first kappa shape index (κ1) is 17.6. The van der Waals surface area contributed by atoms with E-state index in [0.717, 1.165) is 28.8 Å². The van der Waals surface area contributed by atoms with Crippen molar-refractivity contribution in [2.45, 2.75) is 6.92 Å². The zero-order valence-corrected chi connectivity index (χ0v) is 15.7. The van der Waals surface area contributed by atoms with Gasteiger partial charge in [-0.1, -0.05) is 28.1 Å². The van der Waals surface area contributed by atoms with Crippen molar-refractivity contribution >= 4 is 39.5 Å². The van der Waals surface area contributed by atoms with Gasteiger partial charge in [-0.05, 0) is 24.6 Å². The first-order valence-corrected chi connectivity index (χ1v) is 8.78. The van der Waals surface area contributed by atoms with Crippen molar-refractivity contribution in [1.29, 1.82) is 0 Å². The van der Waals surface area contributed by atoms with E-state index in [2.05, 4.69) is 51.6 Å². The summed E-state index contributed by atoms with van der Waals surface area (Å²) in [5.41, 5.74) is 4.79. The molecule has 2 heterocycles. The van der Waals surface area contributed by atoms with Crippen LogP contribution in [0.2, 0.25) is 0 Å². The van der Waals surface area contributed by atoms with Crippen LogP contribution in [-0.4, -0.2) is 54.0 Å². The minimum absolute atomic E-state index is 0.400. The topological polar surface area (TPSA) is 87.6 Å². The van der Waals surface area contributed by atoms with E-state index in [0.29, 0.717) is 31.1 Å². The Labute approximate surface area is 154 Å². The van der Waals surface area contributed by atoms with Crippen LogP contribution in [0.3, 0.4) is 0 Å². The van der Waals surface area contributed by atoms with E-state index in [1.54, 1.807) is 7.05 Å². The third-order valence-corrected chi connectivity index (χ3v) is 4.26. The fraction of sp³-hybridized carbons (Fsp3) is 0.375. The molecule has 132 valence electrons. The molecule has 8 nitrogen and oxygen atoms in total. The third-order valence-electron chi connectivity index (χ3n) is 3.73. The molecule has 25 heavy (non-hydrogen) atoms. The maximum absolute atomic E-state index is 5.38. The third kappa shape index (κ3) is 4.64. The molecule has 1 aromatic carbocycles. The van der Waals surface area contributed by atoms with Crippen LogP contribution in [0, 0.1) is 0 Å². The molecule has 0 radical (unpaired) electrons. The summed E-state index contributed by atoms with van der Waals surface area (Å²) in [6.45, 7) is 4.79. The summed E-state index contributed by atoms with van der Waals surface area (Å²) in [5, 5.41) is 7.34.